The molecule has 28 heavy (non-hydrogen) atoms. The Bertz CT molecular complexity index is 631. The van der Waals surface area contributed by atoms with Gasteiger partial charge in [-0.2, -0.15) is 57.1 Å². The van der Waals surface area contributed by atoms with E-state index in [1.165, 1.54) is 0 Å². The van der Waals surface area contributed by atoms with Crippen LogP contribution in [0.3, 0.4) is 0 Å². The highest BCUT2D eigenvalue weighted by Crippen LogP contribution is 2.59. The van der Waals surface area contributed by atoms with Crippen molar-refractivity contribution in [3.63, 3.8) is 0 Å². The van der Waals surface area contributed by atoms with Crippen LogP contribution in [0.4, 0.5) is 57.1 Å². The Morgan fingerprint density at radius 3 is 1.39 bits per heavy atom. The van der Waals surface area contributed by atoms with E-state index in [0.29, 0.717) is 0 Å². The first-order valence-corrected chi connectivity index (χ1v) is 6.84. The van der Waals surface area contributed by atoms with Crippen LogP contribution in [-0.2, 0) is 4.79 Å². The van der Waals surface area contributed by atoms with E-state index in [0.717, 1.165) is 0 Å². The highest BCUT2D eigenvalue weighted by Gasteiger charge is 2.86. The lowest BCUT2D eigenvalue weighted by Crippen LogP contribution is -2.67. The Balaban J connectivity index is 6.31. The van der Waals surface area contributed by atoms with E-state index in [-0.39, 0.29) is 13.8 Å². The van der Waals surface area contributed by atoms with Crippen LogP contribution >= 0.6 is 0 Å². The van der Waals surface area contributed by atoms with Crippen molar-refractivity contribution in [2.75, 3.05) is 0 Å². The molecule has 0 amide bonds. The van der Waals surface area contributed by atoms with Crippen molar-refractivity contribution in [2.45, 2.75) is 62.5 Å². The number of halogens is 13. The number of carbonyl (C=O) groups is 1. The van der Waals surface area contributed by atoms with Crippen LogP contribution in [0, 0.1) is 0 Å². The van der Waals surface area contributed by atoms with E-state index < -0.39 is 65.7 Å². The number of rotatable bonds is 8. The average molecular weight is 446 g/mol. The van der Waals surface area contributed by atoms with E-state index in [1.54, 1.807) is 0 Å². The molecule has 0 atom stereocenters. The fourth-order valence-corrected chi connectivity index (χ4v) is 1.71. The summed E-state index contributed by atoms with van der Waals surface area (Å²) in [4.78, 5) is 10.5. The van der Waals surface area contributed by atoms with Gasteiger partial charge in [0.1, 0.15) is 0 Å². The molecule has 0 aromatic rings. The van der Waals surface area contributed by atoms with Crippen LogP contribution in [0.15, 0.2) is 11.1 Å². The van der Waals surface area contributed by atoms with Crippen molar-refractivity contribution in [2.24, 2.45) is 0 Å². The molecular formula is C13H11F13O2. The van der Waals surface area contributed by atoms with E-state index in [4.69, 9.17) is 5.11 Å². The highest BCUT2D eigenvalue weighted by atomic mass is 19.4. The van der Waals surface area contributed by atoms with Gasteiger partial charge in [-0.15, -0.1) is 0 Å². The van der Waals surface area contributed by atoms with Gasteiger partial charge in [-0.25, -0.2) is 4.79 Å². The lowest BCUT2D eigenvalue weighted by atomic mass is 9.88. The second-order valence-corrected chi connectivity index (χ2v) is 5.67. The molecule has 15 heteroatoms. The van der Waals surface area contributed by atoms with Crippen LogP contribution in [-0.4, -0.2) is 46.9 Å². The molecule has 0 aliphatic carbocycles. The molecule has 0 heterocycles. The summed E-state index contributed by atoms with van der Waals surface area (Å²) in [6.07, 6.45) is -11.5. The molecule has 0 bridgehead atoms. The second kappa shape index (κ2) is 7.28. The molecule has 0 spiro atoms. The van der Waals surface area contributed by atoms with Crippen LogP contribution in [0.1, 0.15) is 26.7 Å². The van der Waals surface area contributed by atoms with Gasteiger partial charge >= 0.3 is 41.8 Å². The lowest BCUT2D eigenvalue weighted by Gasteiger charge is -2.40. The summed E-state index contributed by atoms with van der Waals surface area (Å²) in [5.41, 5.74) is -4.02. The fraction of sp³-hybridized carbons (Fsp3) is 0.769. The number of hydrogen-bond acceptors (Lipinski definition) is 1. The van der Waals surface area contributed by atoms with Gasteiger partial charge in [0.15, 0.2) is 0 Å². The summed E-state index contributed by atoms with van der Waals surface area (Å²) in [7, 11) is 0. The Kier molecular flexibility index (Phi) is 6.84. The van der Waals surface area contributed by atoms with Gasteiger partial charge in [0.2, 0.25) is 0 Å². The first-order valence-electron chi connectivity index (χ1n) is 6.84. The lowest BCUT2D eigenvalue weighted by molar-refractivity contribution is -0.397. The summed E-state index contributed by atoms with van der Waals surface area (Å²) in [5.74, 6) is -37.4. The second-order valence-electron chi connectivity index (χ2n) is 5.67. The van der Waals surface area contributed by atoms with Gasteiger partial charge in [-0.05, 0) is 13.8 Å². The SMILES string of the molecule is CC(C(=O)O)=C(C)C(F)(F)C(F)(F)C(F)(F)C(F)(F)C(F)(F)CCC(F)(F)F. The predicted octanol–water partition coefficient (Wildman–Crippen LogP) is 5.93. The molecule has 0 saturated carbocycles. The fourth-order valence-electron chi connectivity index (χ4n) is 1.71. The molecule has 0 radical (unpaired) electrons. The quantitative estimate of drug-likeness (QED) is 0.371. The summed E-state index contributed by atoms with van der Waals surface area (Å²) in [6.45, 7) is 0.0727. The zero-order chi connectivity index (χ0) is 23.1. The van der Waals surface area contributed by atoms with Gasteiger partial charge in [0.05, 0.1) is 0 Å². The maximum absolute atomic E-state index is 13.7. The molecule has 0 rings (SSSR count). The maximum Gasteiger partial charge on any atom is 0.389 e. The van der Waals surface area contributed by atoms with E-state index in [9.17, 15) is 61.9 Å². The van der Waals surface area contributed by atoms with Crippen molar-refractivity contribution in [3.8, 4) is 0 Å². The van der Waals surface area contributed by atoms with Gasteiger partial charge in [-0.1, -0.05) is 0 Å². The molecule has 1 N–H and O–H groups in total. The van der Waals surface area contributed by atoms with Crippen LogP contribution in [0.25, 0.3) is 0 Å². The van der Waals surface area contributed by atoms with Crippen molar-refractivity contribution in [1.82, 2.24) is 0 Å². The van der Waals surface area contributed by atoms with E-state index >= 15 is 0 Å². The Hall–Kier alpha value is -1.70. The Morgan fingerprint density at radius 1 is 0.679 bits per heavy atom. The smallest absolute Gasteiger partial charge is 0.389 e. The third kappa shape index (κ3) is 4.31. The minimum Gasteiger partial charge on any atom is -0.478 e. The number of carboxylic acid groups (broad SMARTS) is 1. The van der Waals surface area contributed by atoms with Crippen molar-refractivity contribution >= 4 is 5.97 Å². The van der Waals surface area contributed by atoms with Crippen LogP contribution < -0.4 is 0 Å². The molecule has 0 unspecified atom stereocenters. The molecule has 0 aromatic heterocycles. The standard InChI is InChI=1S/C13H11F13O2/c1-5(7(27)28)6(2)10(19,20)12(23,24)13(25,26)11(21,22)8(14,15)3-4-9(16,17)18/h3-4H2,1-2H3,(H,27,28). The molecule has 0 aromatic carbocycles. The van der Waals surface area contributed by atoms with Gasteiger partial charge in [-0.3, -0.25) is 0 Å². The Morgan fingerprint density at radius 2 is 1.07 bits per heavy atom. The molecular weight excluding hydrogens is 435 g/mol. The molecule has 0 aliphatic rings. The largest absolute Gasteiger partial charge is 0.478 e. The minimum absolute atomic E-state index is 0.145. The third-order valence-corrected chi connectivity index (χ3v) is 3.72. The normalized spacial score (nSPS) is 16.1. The number of carboxylic acids is 1. The van der Waals surface area contributed by atoms with E-state index in [1.807, 2.05) is 0 Å². The van der Waals surface area contributed by atoms with Gasteiger partial charge < -0.3 is 5.11 Å². The van der Waals surface area contributed by atoms with Crippen molar-refractivity contribution in [3.05, 3.63) is 11.1 Å². The molecule has 0 saturated heterocycles. The van der Waals surface area contributed by atoms with Crippen LogP contribution in [0.5, 0.6) is 0 Å². The monoisotopic (exact) mass is 446 g/mol. The number of alkyl halides is 13. The number of allylic oxidation sites excluding steroid dienone is 1. The minimum atomic E-state index is -7.57. The highest BCUT2D eigenvalue weighted by molar-refractivity contribution is 5.87. The zero-order valence-electron chi connectivity index (χ0n) is 13.7. The van der Waals surface area contributed by atoms with Gasteiger partial charge in [0, 0.05) is 24.0 Å². The van der Waals surface area contributed by atoms with Crippen molar-refractivity contribution < 1.29 is 67.0 Å². The van der Waals surface area contributed by atoms with Crippen LogP contribution in [0.2, 0.25) is 0 Å². The first-order chi connectivity index (χ1) is 12.0. The predicted molar refractivity (Wildman–Crippen MR) is 66.0 cm³/mol. The van der Waals surface area contributed by atoms with Crippen molar-refractivity contribution in [1.29, 1.82) is 0 Å². The molecule has 0 aliphatic heterocycles. The Labute approximate surface area is 148 Å². The summed E-state index contributed by atoms with van der Waals surface area (Å²) in [6, 6.07) is 0. The number of aliphatic carboxylic acids is 1. The zero-order valence-corrected chi connectivity index (χ0v) is 13.7. The summed E-state index contributed by atoms with van der Waals surface area (Å²) >= 11 is 0. The van der Waals surface area contributed by atoms with Gasteiger partial charge in [0.25, 0.3) is 0 Å². The third-order valence-electron chi connectivity index (χ3n) is 3.72. The average Bonchev–Trinajstić information content (AvgIpc) is 2.49. The number of hydrogen-bond donors (Lipinski definition) is 1. The summed E-state index contributed by atoms with van der Waals surface area (Å²) in [5, 5.41) is 8.42. The summed E-state index contributed by atoms with van der Waals surface area (Å²) < 4.78 is 170. The topological polar surface area (TPSA) is 37.3 Å². The first kappa shape index (κ1) is 26.3. The molecule has 166 valence electrons. The maximum atomic E-state index is 13.7. The van der Waals surface area contributed by atoms with E-state index in [2.05, 4.69) is 0 Å². The molecule has 0 fully saturated rings. The molecule has 2 nitrogen and oxygen atoms in total.